The van der Waals surface area contributed by atoms with E-state index in [0.29, 0.717) is 48.0 Å². The maximum absolute atomic E-state index is 12.5. The van der Waals surface area contributed by atoms with Crippen molar-refractivity contribution in [2.45, 2.75) is 19.4 Å². The molecule has 3 aromatic carbocycles. The van der Waals surface area contributed by atoms with Crippen molar-refractivity contribution in [3.8, 4) is 17.2 Å². The summed E-state index contributed by atoms with van der Waals surface area (Å²) in [6, 6.07) is 20.8. The first-order valence-electron chi connectivity index (χ1n) is 10.7. The number of nitrogens with one attached hydrogen (secondary N) is 1. The number of hydrogen-bond acceptors (Lipinski definition) is 5. The zero-order valence-corrected chi connectivity index (χ0v) is 18.7. The molecular weight excluding hydrogens is 420 g/mol. The molecule has 1 N–H and O–H groups in total. The van der Waals surface area contributed by atoms with Gasteiger partial charge in [0.2, 0.25) is 5.91 Å². The molecule has 0 radical (unpaired) electrons. The molecule has 0 aliphatic carbocycles. The number of fused-ring (bicyclic) bond motifs is 1. The van der Waals surface area contributed by atoms with E-state index < -0.39 is 0 Å². The van der Waals surface area contributed by atoms with Gasteiger partial charge >= 0.3 is 0 Å². The number of carbonyl (C=O) groups is 2. The standard InChI is InChI=1S/C26H26N2O5/c1-31-22-12-8-18(14-24(22)32-2)9-13-25(29)27-20-10-11-21-23(15-20)33-17-26(30)28(21)16-19-6-4-3-5-7-19/h3-8,10-12,14-15H,9,13,16-17H2,1-2H3,(H,27,29). The van der Waals surface area contributed by atoms with Crippen LogP contribution in [0.25, 0.3) is 0 Å². The third kappa shape index (κ3) is 5.26. The number of benzene rings is 3. The topological polar surface area (TPSA) is 77.1 Å². The number of anilines is 2. The van der Waals surface area contributed by atoms with Crippen molar-refractivity contribution in [1.82, 2.24) is 0 Å². The van der Waals surface area contributed by atoms with E-state index in [4.69, 9.17) is 14.2 Å². The first kappa shape index (κ1) is 22.2. The quantitative estimate of drug-likeness (QED) is 0.561. The number of nitrogens with zero attached hydrogens (tertiary/aromatic N) is 1. The Bertz CT molecular complexity index is 1150. The second-order valence-corrected chi connectivity index (χ2v) is 7.67. The molecule has 0 spiro atoms. The highest BCUT2D eigenvalue weighted by Gasteiger charge is 2.26. The molecule has 0 aromatic heterocycles. The van der Waals surface area contributed by atoms with Crippen molar-refractivity contribution < 1.29 is 23.8 Å². The van der Waals surface area contributed by atoms with Crippen LogP contribution in [0.2, 0.25) is 0 Å². The summed E-state index contributed by atoms with van der Waals surface area (Å²) in [6.45, 7) is 0.434. The smallest absolute Gasteiger partial charge is 0.265 e. The van der Waals surface area contributed by atoms with Crippen molar-refractivity contribution in [1.29, 1.82) is 0 Å². The first-order valence-corrected chi connectivity index (χ1v) is 10.7. The van der Waals surface area contributed by atoms with Crippen LogP contribution in [0, 0.1) is 0 Å². The fourth-order valence-electron chi connectivity index (χ4n) is 3.74. The lowest BCUT2D eigenvalue weighted by Crippen LogP contribution is -2.38. The predicted octanol–water partition coefficient (Wildman–Crippen LogP) is 4.20. The molecule has 2 amide bonds. The highest BCUT2D eigenvalue weighted by Crippen LogP contribution is 2.35. The van der Waals surface area contributed by atoms with E-state index in [-0.39, 0.29) is 18.4 Å². The van der Waals surface area contributed by atoms with Crippen LogP contribution in [0.3, 0.4) is 0 Å². The molecule has 170 valence electrons. The minimum atomic E-state index is -0.113. The first-order chi connectivity index (χ1) is 16.1. The fourth-order valence-corrected chi connectivity index (χ4v) is 3.74. The third-order valence-electron chi connectivity index (χ3n) is 5.46. The van der Waals surface area contributed by atoms with Crippen molar-refractivity contribution in [3.05, 3.63) is 77.9 Å². The van der Waals surface area contributed by atoms with Gasteiger partial charge < -0.3 is 24.4 Å². The van der Waals surface area contributed by atoms with Crippen LogP contribution in [0.5, 0.6) is 17.2 Å². The Morgan fingerprint density at radius 3 is 2.52 bits per heavy atom. The van der Waals surface area contributed by atoms with Gasteiger partial charge in [-0.2, -0.15) is 0 Å². The van der Waals surface area contributed by atoms with E-state index in [1.807, 2.05) is 48.5 Å². The molecule has 1 heterocycles. The number of ether oxygens (including phenoxy) is 3. The molecule has 0 bridgehead atoms. The van der Waals surface area contributed by atoms with E-state index in [1.54, 1.807) is 37.3 Å². The summed E-state index contributed by atoms with van der Waals surface area (Å²) in [6.07, 6.45) is 0.874. The molecule has 0 atom stereocenters. The zero-order valence-electron chi connectivity index (χ0n) is 18.7. The molecule has 0 saturated heterocycles. The van der Waals surface area contributed by atoms with Gasteiger partial charge in [-0.3, -0.25) is 9.59 Å². The van der Waals surface area contributed by atoms with E-state index in [2.05, 4.69) is 5.32 Å². The van der Waals surface area contributed by atoms with Crippen molar-refractivity contribution in [2.24, 2.45) is 0 Å². The van der Waals surface area contributed by atoms with Crippen LogP contribution in [-0.4, -0.2) is 32.6 Å². The van der Waals surface area contributed by atoms with Crippen molar-refractivity contribution in [2.75, 3.05) is 31.0 Å². The van der Waals surface area contributed by atoms with Gasteiger partial charge in [-0.05, 0) is 41.8 Å². The lowest BCUT2D eigenvalue weighted by atomic mass is 10.1. The Kier molecular flexibility index (Phi) is 6.78. The Morgan fingerprint density at radius 2 is 1.76 bits per heavy atom. The molecule has 7 heteroatoms. The average Bonchev–Trinajstić information content (AvgIpc) is 2.85. The molecule has 1 aliphatic heterocycles. The summed E-state index contributed by atoms with van der Waals surface area (Å²) >= 11 is 0. The summed E-state index contributed by atoms with van der Waals surface area (Å²) in [4.78, 5) is 26.7. The zero-order chi connectivity index (χ0) is 23.2. The lowest BCUT2D eigenvalue weighted by Gasteiger charge is -2.29. The Balaban J connectivity index is 1.40. The highest BCUT2D eigenvalue weighted by atomic mass is 16.5. The number of methoxy groups -OCH3 is 2. The van der Waals surface area contributed by atoms with Gasteiger partial charge in [0.1, 0.15) is 5.75 Å². The molecule has 1 aliphatic rings. The molecule has 3 aromatic rings. The van der Waals surface area contributed by atoms with Crippen LogP contribution in [0.1, 0.15) is 17.5 Å². The molecule has 0 unspecified atom stereocenters. The van der Waals surface area contributed by atoms with Crippen LogP contribution < -0.4 is 24.4 Å². The van der Waals surface area contributed by atoms with Crippen LogP contribution in [0.15, 0.2) is 66.7 Å². The van der Waals surface area contributed by atoms with Gasteiger partial charge in [-0.1, -0.05) is 36.4 Å². The molecule has 33 heavy (non-hydrogen) atoms. The minimum Gasteiger partial charge on any atom is -0.493 e. The lowest BCUT2D eigenvalue weighted by molar-refractivity contribution is -0.121. The normalized spacial score (nSPS) is 12.5. The van der Waals surface area contributed by atoms with Gasteiger partial charge in [0.25, 0.3) is 5.91 Å². The summed E-state index contributed by atoms with van der Waals surface area (Å²) in [7, 11) is 3.17. The average molecular weight is 447 g/mol. The monoisotopic (exact) mass is 446 g/mol. The molecule has 0 saturated carbocycles. The second kappa shape index (κ2) is 10.1. The second-order valence-electron chi connectivity index (χ2n) is 7.67. The molecule has 4 rings (SSSR count). The van der Waals surface area contributed by atoms with E-state index in [9.17, 15) is 9.59 Å². The van der Waals surface area contributed by atoms with Crippen molar-refractivity contribution >= 4 is 23.2 Å². The Labute approximate surface area is 192 Å². The SMILES string of the molecule is COc1ccc(CCC(=O)Nc2ccc3c(c2)OCC(=O)N3Cc2ccccc2)cc1OC. The summed E-state index contributed by atoms with van der Waals surface area (Å²) in [5.41, 5.74) is 3.33. The van der Waals surface area contributed by atoms with E-state index in [0.717, 1.165) is 11.1 Å². The molecule has 7 nitrogen and oxygen atoms in total. The van der Waals surface area contributed by atoms with Gasteiger partial charge in [0, 0.05) is 18.2 Å². The minimum absolute atomic E-state index is 0.0312. The number of carbonyl (C=O) groups excluding carboxylic acids is 2. The number of aryl methyl sites for hydroxylation is 1. The Hall–Kier alpha value is -4.00. The van der Waals surface area contributed by atoms with E-state index >= 15 is 0 Å². The maximum Gasteiger partial charge on any atom is 0.265 e. The number of amides is 2. The highest BCUT2D eigenvalue weighted by molar-refractivity contribution is 5.99. The van der Waals surface area contributed by atoms with Crippen LogP contribution in [-0.2, 0) is 22.6 Å². The van der Waals surface area contributed by atoms with E-state index in [1.165, 1.54) is 0 Å². The summed E-state index contributed by atoms with van der Waals surface area (Å²) < 4.78 is 16.2. The fraction of sp³-hybridized carbons (Fsp3) is 0.231. The van der Waals surface area contributed by atoms with Crippen molar-refractivity contribution in [3.63, 3.8) is 0 Å². The maximum atomic E-state index is 12.5. The largest absolute Gasteiger partial charge is 0.493 e. The Morgan fingerprint density at radius 1 is 0.970 bits per heavy atom. The molecule has 0 fully saturated rings. The van der Waals surface area contributed by atoms with Crippen LogP contribution >= 0.6 is 0 Å². The summed E-state index contributed by atoms with van der Waals surface area (Å²) in [5, 5.41) is 2.91. The van der Waals surface area contributed by atoms with Gasteiger partial charge in [0.05, 0.1) is 26.5 Å². The molecular formula is C26H26N2O5. The van der Waals surface area contributed by atoms with Gasteiger partial charge in [-0.15, -0.1) is 0 Å². The van der Waals surface area contributed by atoms with Crippen LogP contribution in [0.4, 0.5) is 11.4 Å². The number of hydrogen-bond donors (Lipinski definition) is 1. The third-order valence-corrected chi connectivity index (χ3v) is 5.46. The summed E-state index contributed by atoms with van der Waals surface area (Å²) in [5.74, 6) is 1.65. The van der Waals surface area contributed by atoms with Gasteiger partial charge in [0.15, 0.2) is 18.1 Å². The van der Waals surface area contributed by atoms with Gasteiger partial charge in [-0.25, -0.2) is 0 Å². The number of rotatable bonds is 8. The predicted molar refractivity (Wildman–Crippen MR) is 126 cm³/mol.